The van der Waals surface area contributed by atoms with Gasteiger partial charge in [-0.1, -0.05) is 0 Å². The highest BCUT2D eigenvalue weighted by Crippen LogP contribution is 2.31. The van der Waals surface area contributed by atoms with E-state index in [4.69, 9.17) is 0 Å². The van der Waals surface area contributed by atoms with Gasteiger partial charge in [0.25, 0.3) is 0 Å². The highest BCUT2D eigenvalue weighted by atomic mass is 16.2. The van der Waals surface area contributed by atoms with E-state index in [0.717, 1.165) is 19.1 Å². The van der Waals surface area contributed by atoms with Gasteiger partial charge in [-0.3, -0.25) is 4.79 Å². The zero-order valence-electron chi connectivity index (χ0n) is 10.3. The van der Waals surface area contributed by atoms with Crippen LogP contribution in [0.15, 0.2) is 6.33 Å². The number of hydrogen-bond acceptors (Lipinski definition) is 5. The Morgan fingerprint density at radius 3 is 3.00 bits per heavy atom. The molecule has 0 spiro atoms. The molecule has 98 valence electrons. The van der Waals surface area contributed by atoms with Gasteiger partial charge in [-0.05, 0) is 42.2 Å². The molecule has 0 aromatic carbocycles. The van der Waals surface area contributed by atoms with Crippen LogP contribution in [0.2, 0.25) is 0 Å². The third-order valence-corrected chi connectivity index (χ3v) is 3.67. The summed E-state index contributed by atoms with van der Waals surface area (Å²) in [5.74, 6) is 0.579. The fourth-order valence-corrected chi connectivity index (χ4v) is 2.51. The van der Waals surface area contributed by atoms with Crippen LogP contribution in [0.3, 0.4) is 0 Å². The Kier molecular flexibility index (Phi) is 3.22. The van der Waals surface area contributed by atoms with E-state index in [2.05, 4.69) is 25.7 Å². The second kappa shape index (κ2) is 5.01. The molecule has 1 saturated heterocycles. The van der Waals surface area contributed by atoms with Crippen molar-refractivity contribution < 1.29 is 4.79 Å². The Morgan fingerprint density at radius 1 is 1.39 bits per heavy atom. The van der Waals surface area contributed by atoms with Crippen molar-refractivity contribution in [2.45, 2.75) is 31.8 Å². The number of rotatable bonds is 5. The molecule has 2 heterocycles. The molecule has 1 N–H and O–H groups in total. The lowest BCUT2D eigenvalue weighted by Gasteiger charge is -2.15. The van der Waals surface area contributed by atoms with E-state index in [0.29, 0.717) is 5.92 Å². The molecule has 1 aromatic rings. The Hall–Kier alpha value is -1.50. The van der Waals surface area contributed by atoms with Gasteiger partial charge in [0.1, 0.15) is 12.9 Å². The number of aromatic nitrogens is 4. The van der Waals surface area contributed by atoms with Gasteiger partial charge >= 0.3 is 0 Å². The molecule has 0 bridgehead atoms. The highest BCUT2D eigenvalue weighted by Gasteiger charge is 2.34. The van der Waals surface area contributed by atoms with Gasteiger partial charge in [-0.25, -0.2) is 4.68 Å². The van der Waals surface area contributed by atoms with Crippen LogP contribution >= 0.6 is 0 Å². The first kappa shape index (κ1) is 11.6. The standard InChI is InChI=1S/C11H18N6O/c18-11(7-17-8-13-14-15-17)12-5-9-3-4-16(6-9)10-1-2-10/h8-10H,1-7H2,(H,12,18)/t9-/m1/s1. The smallest absolute Gasteiger partial charge is 0.241 e. The van der Waals surface area contributed by atoms with Crippen LogP contribution in [0.4, 0.5) is 0 Å². The maximum Gasteiger partial charge on any atom is 0.241 e. The maximum absolute atomic E-state index is 11.7. The summed E-state index contributed by atoms with van der Waals surface area (Å²) < 4.78 is 1.43. The average Bonchev–Trinajstić information content (AvgIpc) is 2.90. The molecule has 7 heteroatoms. The van der Waals surface area contributed by atoms with Crippen LogP contribution < -0.4 is 5.32 Å². The molecule has 1 atom stereocenters. The summed E-state index contributed by atoms with van der Waals surface area (Å²) in [4.78, 5) is 14.2. The summed E-state index contributed by atoms with van der Waals surface area (Å²) in [5.41, 5.74) is 0. The monoisotopic (exact) mass is 250 g/mol. The van der Waals surface area contributed by atoms with Gasteiger partial charge in [0, 0.05) is 19.1 Å². The van der Waals surface area contributed by atoms with Crippen LogP contribution in [0.25, 0.3) is 0 Å². The summed E-state index contributed by atoms with van der Waals surface area (Å²) in [5, 5.41) is 13.6. The number of hydrogen-bond donors (Lipinski definition) is 1. The van der Waals surface area contributed by atoms with Crippen LogP contribution in [0, 0.1) is 5.92 Å². The van der Waals surface area contributed by atoms with Crippen molar-refractivity contribution in [2.75, 3.05) is 19.6 Å². The first-order valence-corrected chi connectivity index (χ1v) is 6.53. The van der Waals surface area contributed by atoms with Crippen molar-refractivity contribution in [1.29, 1.82) is 0 Å². The van der Waals surface area contributed by atoms with E-state index in [1.165, 1.54) is 36.8 Å². The van der Waals surface area contributed by atoms with Gasteiger partial charge in [0.05, 0.1) is 0 Å². The number of carbonyl (C=O) groups is 1. The minimum Gasteiger partial charge on any atom is -0.354 e. The number of nitrogens with one attached hydrogen (secondary N) is 1. The van der Waals surface area contributed by atoms with E-state index in [1.807, 2.05) is 0 Å². The number of carbonyl (C=O) groups excluding carboxylic acids is 1. The SMILES string of the molecule is O=C(Cn1cnnn1)NC[C@H]1CCN(C2CC2)C1. The van der Waals surface area contributed by atoms with Crippen molar-refractivity contribution >= 4 is 5.91 Å². The molecule has 0 radical (unpaired) electrons. The first-order chi connectivity index (χ1) is 8.81. The molecule has 1 aromatic heterocycles. The van der Waals surface area contributed by atoms with E-state index in [-0.39, 0.29) is 12.5 Å². The molecule has 7 nitrogen and oxygen atoms in total. The lowest BCUT2D eigenvalue weighted by molar-refractivity contribution is -0.122. The van der Waals surface area contributed by atoms with E-state index >= 15 is 0 Å². The summed E-state index contributed by atoms with van der Waals surface area (Å²) in [7, 11) is 0. The Labute approximate surface area is 106 Å². The molecule has 1 aliphatic heterocycles. The van der Waals surface area contributed by atoms with Crippen LogP contribution in [-0.2, 0) is 11.3 Å². The van der Waals surface area contributed by atoms with Crippen molar-refractivity contribution in [3.63, 3.8) is 0 Å². The Morgan fingerprint density at radius 2 is 2.28 bits per heavy atom. The van der Waals surface area contributed by atoms with Crippen LogP contribution in [0.5, 0.6) is 0 Å². The zero-order chi connectivity index (χ0) is 12.4. The predicted molar refractivity (Wildman–Crippen MR) is 63.5 cm³/mol. The van der Waals surface area contributed by atoms with E-state index in [1.54, 1.807) is 0 Å². The normalized spacial score (nSPS) is 24.3. The maximum atomic E-state index is 11.7. The van der Waals surface area contributed by atoms with Crippen molar-refractivity contribution in [3.8, 4) is 0 Å². The topological polar surface area (TPSA) is 75.9 Å². The van der Waals surface area contributed by atoms with Crippen LogP contribution in [-0.4, -0.2) is 56.7 Å². The molecular weight excluding hydrogens is 232 g/mol. The fourth-order valence-electron chi connectivity index (χ4n) is 2.51. The van der Waals surface area contributed by atoms with Crippen molar-refractivity contribution in [3.05, 3.63) is 6.33 Å². The molecule has 1 aliphatic carbocycles. The first-order valence-electron chi connectivity index (χ1n) is 6.53. The number of likely N-dealkylation sites (tertiary alicyclic amines) is 1. The lowest BCUT2D eigenvalue weighted by Crippen LogP contribution is -2.33. The zero-order valence-corrected chi connectivity index (χ0v) is 10.3. The molecular formula is C11H18N6O. The van der Waals surface area contributed by atoms with Gasteiger partial charge in [-0.2, -0.15) is 0 Å². The number of nitrogens with zero attached hydrogens (tertiary/aromatic N) is 5. The second-order valence-electron chi connectivity index (χ2n) is 5.19. The average molecular weight is 250 g/mol. The number of tetrazole rings is 1. The van der Waals surface area contributed by atoms with Gasteiger partial charge < -0.3 is 10.2 Å². The second-order valence-corrected chi connectivity index (χ2v) is 5.19. The van der Waals surface area contributed by atoms with Gasteiger partial charge in [0.2, 0.25) is 5.91 Å². The summed E-state index contributed by atoms with van der Waals surface area (Å²) in [6, 6.07) is 0.840. The molecule has 18 heavy (non-hydrogen) atoms. The minimum absolute atomic E-state index is 0.0211. The summed E-state index contributed by atoms with van der Waals surface area (Å²) in [6.07, 6.45) is 5.36. The Bertz CT molecular complexity index is 402. The molecule has 1 saturated carbocycles. The van der Waals surface area contributed by atoms with Crippen molar-refractivity contribution in [1.82, 2.24) is 30.4 Å². The molecule has 3 rings (SSSR count). The summed E-state index contributed by atoms with van der Waals surface area (Å²) in [6.45, 7) is 3.30. The lowest BCUT2D eigenvalue weighted by atomic mass is 10.1. The molecule has 2 aliphatic rings. The quantitative estimate of drug-likeness (QED) is 0.746. The largest absolute Gasteiger partial charge is 0.354 e. The third-order valence-electron chi connectivity index (χ3n) is 3.67. The molecule has 1 amide bonds. The Balaban J connectivity index is 1.37. The molecule has 2 fully saturated rings. The molecule has 0 unspecified atom stereocenters. The highest BCUT2D eigenvalue weighted by molar-refractivity contribution is 5.75. The van der Waals surface area contributed by atoms with Gasteiger partial charge in [-0.15, -0.1) is 5.10 Å². The fraction of sp³-hybridized carbons (Fsp3) is 0.818. The van der Waals surface area contributed by atoms with Crippen molar-refractivity contribution in [2.24, 2.45) is 5.92 Å². The van der Waals surface area contributed by atoms with Crippen LogP contribution in [0.1, 0.15) is 19.3 Å². The minimum atomic E-state index is -0.0211. The summed E-state index contributed by atoms with van der Waals surface area (Å²) >= 11 is 0. The van der Waals surface area contributed by atoms with E-state index in [9.17, 15) is 4.79 Å². The third kappa shape index (κ3) is 2.84. The van der Waals surface area contributed by atoms with Gasteiger partial charge in [0.15, 0.2) is 0 Å². The predicted octanol–water partition coefficient (Wildman–Crippen LogP) is -0.726. The number of amides is 1. The van der Waals surface area contributed by atoms with E-state index < -0.39 is 0 Å².